The van der Waals surface area contributed by atoms with E-state index in [1.165, 1.54) is 17.2 Å². The van der Waals surface area contributed by atoms with Crippen LogP contribution in [0.2, 0.25) is 0 Å². The zero-order valence-corrected chi connectivity index (χ0v) is 14.6. The number of amides is 1. The fourth-order valence-corrected chi connectivity index (χ4v) is 3.67. The Morgan fingerprint density at radius 2 is 1.96 bits per heavy atom. The molecule has 6 nitrogen and oxygen atoms in total. The number of anilines is 1. The molecule has 0 aromatic heterocycles. The first-order valence-corrected chi connectivity index (χ1v) is 8.94. The molecule has 1 N–H and O–H groups in total. The Morgan fingerprint density at radius 1 is 1.19 bits per heavy atom. The van der Waals surface area contributed by atoms with Gasteiger partial charge in [-0.05, 0) is 48.9 Å². The van der Waals surface area contributed by atoms with Crippen molar-refractivity contribution in [1.29, 1.82) is 0 Å². The number of nitro benzene ring substituents is 1. The van der Waals surface area contributed by atoms with Crippen molar-refractivity contribution in [2.24, 2.45) is 0 Å². The summed E-state index contributed by atoms with van der Waals surface area (Å²) in [7, 11) is 1.78. The molecule has 1 unspecified atom stereocenters. The molecule has 0 bridgehead atoms. The first-order valence-electron chi connectivity index (χ1n) is 8.94. The maximum atomic E-state index is 12.9. The van der Waals surface area contributed by atoms with Gasteiger partial charge in [0, 0.05) is 24.7 Å². The van der Waals surface area contributed by atoms with Gasteiger partial charge in [0.1, 0.15) is 5.69 Å². The van der Waals surface area contributed by atoms with Crippen molar-refractivity contribution in [3.8, 4) is 0 Å². The Balaban J connectivity index is 1.59. The number of rotatable bonds is 5. The number of carbonyl (C=O) groups is 1. The summed E-state index contributed by atoms with van der Waals surface area (Å²) in [6.07, 6.45) is 3.89. The topological polar surface area (TPSA) is 75.5 Å². The molecule has 2 aliphatic rings. The van der Waals surface area contributed by atoms with E-state index in [0.717, 1.165) is 25.7 Å². The molecular formula is C20H21N3O3. The smallest absolute Gasteiger partial charge is 0.293 e. The van der Waals surface area contributed by atoms with Gasteiger partial charge in [-0.25, -0.2) is 0 Å². The molecule has 0 spiro atoms. The molecule has 0 aliphatic heterocycles. The lowest BCUT2D eigenvalue weighted by atomic mass is 10.1. The highest BCUT2D eigenvalue weighted by atomic mass is 16.6. The van der Waals surface area contributed by atoms with Crippen LogP contribution in [0.4, 0.5) is 11.4 Å². The number of hydrogen-bond acceptors (Lipinski definition) is 4. The van der Waals surface area contributed by atoms with Crippen molar-refractivity contribution in [3.63, 3.8) is 0 Å². The maximum Gasteiger partial charge on any atom is 0.293 e. The van der Waals surface area contributed by atoms with Gasteiger partial charge >= 0.3 is 0 Å². The van der Waals surface area contributed by atoms with Gasteiger partial charge in [-0.15, -0.1) is 0 Å². The molecule has 26 heavy (non-hydrogen) atoms. The second kappa shape index (κ2) is 6.44. The highest BCUT2D eigenvalue weighted by molar-refractivity contribution is 5.96. The molecule has 2 aliphatic carbocycles. The van der Waals surface area contributed by atoms with Gasteiger partial charge in [-0.2, -0.15) is 0 Å². The van der Waals surface area contributed by atoms with Crippen molar-refractivity contribution in [2.45, 2.75) is 37.8 Å². The quantitative estimate of drug-likeness (QED) is 0.654. The van der Waals surface area contributed by atoms with E-state index in [9.17, 15) is 14.9 Å². The predicted octanol–water partition coefficient (Wildman–Crippen LogP) is 3.93. The van der Waals surface area contributed by atoms with Crippen LogP contribution in [0.1, 0.15) is 46.8 Å². The summed E-state index contributed by atoms with van der Waals surface area (Å²) in [6.45, 7) is 0. The van der Waals surface area contributed by atoms with Gasteiger partial charge in [-0.3, -0.25) is 14.9 Å². The molecule has 0 saturated heterocycles. The van der Waals surface area contributed by atoms with Crippen LogP contribution in [0, 0.1) is 10.1 Å². The second-order valence-electron chi connectivity index (χ2n) is 7.08. The summed E-state index contributed by atoms with van der Waals surface area (Å²) < 4.78 is 0. The average Bonchev–Trinajstić information content (AvgIpc) is 3.36. The molecule has 0 heterocycles. The lowest BCUT2D eigenvalue weighted by molar-refractivity contribution is -0.384. The largest absolute Gasteiger partial charge is 0.377 e. The van der Waals surface area contributed by atoms with Crippen LogP contribution in [0.3, 0.4) is 0 Å². The van der Waals surface area contributed by atoms with E-state index in [0.29, 0.717) is 17.3 Å². The highest BCUT2D eigenvalue weighted by Gasteiger charge is 2.30. The average molecular weight is 351 g/mol. The number of benzene rings is 2. The molecule has 1 amide bonds. The molecule has 1 saturated carbocycles. The fraction of sp³-hybridized carbons (Fsp3) is 0.350. The fourth-order valence-electron chi connectivity index (χ4n) is 3.67. The normalized spacial score (nSPS) is 18.3. The molecule has 1 atom stereocenters. The van der Waals surface area contributed by atoms with E-state index in [2.05, 4.69) is 17.4 Å². The molecule has 134 valence electrons. The van der Waals surface area contributed by atoms with Crippen LogP contribution in [-0.2, 0) is 6.42 Å². The van der Waals surface area contributed by atoms with Gasteiger partial charge in [-0.1, -0.05) is 24.3 Å². The van der Waals surface area contributed by atoms with Crippen LogP contribution in [0.25, 0.3) is 0 Å². The Morgan fingerprint density at radius 3 is 2.69 bits per heavy atom. The van der Waals surface area contributed by atoms with Crippen LogP contribution >= 0.6 is 0 Å². The molecular weight excluding hydrogens is 330 g/mol. The molecule has 1 fully saturated rings. The zero-order valence-electron chi connectivity index (χ0n) is 14.6. The van der Waals surface area contributed by atoms with Crippen molar-refractivity contribution in [2.75, 3.05) is 12.4 Å². The van der Waals surface area contributed by atoms with E-state index in [-0.39, 0.29) is 17.6 Å². The Bertz CT molecular complexity index is 876. The van der Waals surface area contributed by atoms with E-state index < -0.39 is 4.92 Å². The summed E-state index contributed by atoms with van der Waals surface area (Å²) in [5.41, 5.74) is 3.24. The van der Waals surface area contributed by atoms with Crippen molar-refractivity contribution in [1.82, 2.24) is 4.90 Å². The number of nitrogens with one attached hydrogen (secondary N) is 1. The third-order valence-corrected chi connectivity index (χ3v) is 5.27. The van der Waals surface area contributed by atoms with E-state index >= 15 is 0 Å². The third kappa shape index (κ3) is 3.03. The van der Waals surface area contributed by atoms with Crippen LogP contribution in [-0.4, -0.2) is 28.8 Å². The van der Waals surface area contributed by atoms with Gasteiger partial charge in [0.05, 0.1) is 11.0 Å². The van der Waals surface area contributed by atoms with Crippen LogP contribution in [0.15, 0.2) is 42.5 Å². The number of fused-ring (bicyclic) bond motifs is 1. The van der Waals surface area contributed by atoms with Crippen molar-refractivity contribution < 1.29 is 9.72 Å². The first kappa shape index (κ1) is 16.6. The molecule has 2 aromatic carbocycles. The molecule has 2 aromatic rings. The second-order valence-corrected chi connectivity index (χ2v) is 7.08. The van der Waals surface area contributed by atoms with E-state index in [1.54, 1.807) is 24.1 Å². The minimum absolute atomic E-state index is 0.0158. The van der Waals surface area contributed by atoms with Crippen LogP contribution in [0.5, 0.6) is 0 Å². The molecule has 6 heteroatoms. The van der Waals surface area contributed by atoms with Gasteiger partial charge in [0.25, 0.3) is 11.6 Å². The number of nitro groups is 1. The van der Waals surface area contributed by atoms with Gasteiger partial charge < -0.3 is 10.2 Å². The summed E-state index contributed by atoms with van der Waals surface area (Å²) in [4.78, 5) is 25.7. The Kier molecular flexibility index (Phi) is 4.11. The van der Waals surface area contributed by atoms with Crippen molar-refractivity contribution >= 4 is 17.3 Å². The summed E-state index contributed by atoms with van der Waals surface area (Å²) in [6, 6.07) is 13.2. The lowest BCUT2D eigenvalue weighted by Crippen LogP contribution is -2.30. The zero-order chi connectivity index (χ0) is 18.3. The minimum atomic E-state index is -0.424. The SMILES string of the molecule is CN(C(=O)c1ccc(NC2CC2)c([N+](=O)[O-])c1)C1CCc2ccccc21. The molecule has 0 radical (unpaired) electrons. The monoisotopic (exact) mass is 351 g/mol. The van der Waals surface area contributed by atoms with E-state index in [4.69, 9.17) is 0 Å². The number of nitrogens with zero attached hydrogens (tertiary/aromatic N) is 2. The Labute approximate surface area is 152 Å². The standard InChI is InChI=1S/C20H21N3O3/c1-22(18-11-7-13-4-2-3-5-16(13)18)20(24)14-6-10-17(21-15-8-9-15)19(12-14)23(25)26/h2-6,10,12,15,18,21H,7-9,11H2,1H3. The van der Waals surface area contributed by atoms with E-state index in [1.807, 2.05) is 12.1 Å². The lowest BCUT2D eigenvalue weighted by Gasteiger charge is -2.25. The maximum absolute atomic E-state index is 12.9. The van der Waals surface area contributed by atoms with Gasteiger partial charge in [0.15, 0.2) is 0 Å². The first-order chi connectivity index (χ1) is 12.5. The van der Waals surface area contributed by atoms with Crippen molar-refractivity contribution in [3.05, 3.63) is 69.3 Å². The van der Waals surface area contributed by atoms with Gasteiger partial charge in [0.2, 0.25) is 0 Å². The summed E-state index contributed by atoms with van der Waals surface area (Å²) >= 11 is 0. The number of aryl methyl sites for hydroxylation is 1. The van der Waals surface area contributed by atoms with Crippen LogP contribution < -0.4 is 5.32 Å². The predicted molar refractivity (Wildman–Crippen MR) is 99.3 cm³/mol. The molecule has 4 rings (SSSR count). The summed E-state index contributed by atoms with van der Waals surface area (Å²) in [5.74, 6) is -0.187. The number of hydrogen-bond donors (Lipinski definition) is 1. The third-order valence-electron chi connectivity index (χ3n) is 5.27. The summed E-state index contributed by atoms with van der Waals surface area (Å²) in [5, 5.41) is 14.6. The minimum Gasteiger partial charge on any atom is -0.377 e. The highest BCUT2D eigenvalue weighted by Crippen LogP contribution is 2.36. The Hall–Kier alpha value is -2.89. The number of carbonyl (C=O) groups excluding carboxylic acids is 1.